The van der Waals surface area contributed by atoms with Gasteiger partial charge in [0.25, 0.3) is 0 Å². The van der Waals surface area contributed by atoms with Crippen LogP contribution < -0.4 is 4.72 Å². The summed E-state index contributed by atoms with van der Waals surface area (Å²) in [6.07, 6.45) is -0.541. The highest BCUT2D eigenvalue weighted by atomic mass is 32.2. The van der Waals surface area contributed by atoms with Crippen molar-refractivity contribution in [2.75, 3.05) is 6.61 Å². The second-order valence-corrected chi connectivity index (χ2v) is 6.15. The average molecular weight is 326 g/mol. The topological polar surface area (TPSA) is 94.1 Å². The predicted molar refractivity (Wildman–Crippen MR) is 80.6 cm³/mol. The lowest BCUT2D eigenvalue weighted by atomic mass is 10.1. The third-order valence-corrected chi connectivity index (χ3v) is 4.00. The molecular formula is C14H18N2O5S. The lowest BCUT2D eigenvalue weighted by molar-refractivity contribution is -0.151. The number of benzene rings is 1. The number of carbonyl (C=O) groups excluding carboxylic acids is 1. The highest BCUT2D eigenvalue weighted by Gasteiger charge is 2.34. The van der Waals surface area contributed by atoms with Crippen molar-refractivity contribution in [2.45, 2.75) is 32.4 Å². The summed E-state index contributed by atoms with van der Waals surface area (Å²) in [7, 11) is -3.79. The van der Waals surface area contributed by atoms with Crippen LogP contribution in [0.1, 0.15) is 19.4 Å². The second-order valence-electron chi connectivity index (χ2n) is 4.78. The van der Waals surface area contributed by atoms with Crippen LogP contribution >= 0.6 is 0 Å². The van der Waals surface area contributed by atoms with Crippen LogP contribution in [0.25, 0.3) is 0 Å². The van der Waals surface area contributed by atoms with Crippen molar-refractivity contribution in [1.29, 1.82) is 0 Å². The molecule has 1 aromatic rings. The lowest BCUT2D eigenvalue weighted by Gasteiger charge is -2.17. The minimum Gasteiger partial charge on any atom is -0.464 e. The number of carbonyl (C=O) groups is 1. The maximum Gasteiger partial charge on any atom is 0.347 e. The van der Waals surface area contributed by atoms with E-state index < -0.39 is 28.3 Å². The smallest absolute Gasteiger partial charge is 0.347 e. The van der Waals surface area contributed by atoms with Crippen molar-refractivity contribution >= 4 is 22.1 Å². The Kier molecular flexibility index (Phi) is 5.15. The van der Waals surface area contributed by atoms with Crippen molar-refractivity contribution < 1.29 is 22.7 Å². The molecule has 1 aliphatic rings. The molecule has 1 aromatic carbocycles. The molecule has 0 fully saturated rings. The molecule has 0 aromatic heterocycles. The van der Waals surface area contributed by atoms with Gasteiger partial charge in [-0.05, 0) is 25.8 Å². The summed E-state index contributed by atoms with van der Waals surface area (Å²) in [5, 5.41) is 0. The molecule has 0 spiro atoms. The van der Waals surface area contributed by atoms with Gasteiger partial charge in [0.15, 0.2) is 6.10 Å². The van der Waals surface area contributed by atoms with Gasteiger partial charge in [0.05, 0.1) is 6.61 Å². The molecule has 1 aliphatic heterocycles. The highest BCUT2D eigenvalue weighted by molar-refractivity contribution is 7.88. The first-order chi connectivity index (χ1) is 10.4. The minimum atomic E-state index is -3.79. The van der Waals surface area contributed by atoms with Crippen LogP contribution in [-0.4, -0.2) is 39.0 Å². The Morgan fingerprint density at radius 1 is 1.36 bits per heavy atom. The summed E-state index contributed by atoms with van der Waals surface area (Å²) in [6.45, 7) is 3.40. The molecule has 7 nitrogen and oxygen atoms in total. The van der Waals surface area contributed by atoms with E-state index in [2.05, 4.69) is 9.12 Å². The lowest BCUT2D eigenvalue weighted by Crippen LogP contribution is -2.38. The van der Waals surface area contributed by atoms with Crippen molar-refractivity contribution in [3.05, 3.63) is 35.9 Å². The SMILES string of the molecule is CCOC(=O)[C@H](C)OC1=NS(=O)(=O)N[C@H]1Cc1ccccc1. The van der Waals surface area contributed by atoms with E-state index in [0.29, 0.717) is 6.42 Å². The van der Waals surface area contributed by atoms with E-state index in [9.17, 15) is 13.2 Å². The molecule has 2 atom stereocenters. The Morgan fingerprint density at radius 3 is 2.68 bits per heavy atom. The fourth-order valence-electron chi connectivity index (χ4n) is 2.01. The van der Waals surface area contributed by atoms with Crippen molar-refractivity contribution in [3.63, 3.8) is 0 Å². The van der Waals surface area contributed by atoms with Gasteiger partial charge in [-0.25, -0.2) is 4.79 Å². The Morgan fingerprint density at radius 2 is 2.05 bits per heavy atom. The van der Waals surface area contributed by atoms with Crippen molar-refractivity contribution in [3.8, 4) is 0 Å². The summed E-state index contributed by atoms with van der Waals surface area (Å²) < 4.78 is 39.4. The minimum absolute atomic E-state index is 0.0237. The maximum atomic E-state index is 11.6. The Balaban J connectivity index is 2.10. The molecule has 0 saturated carbocycles. The zero-order valence-corrected chi connectivity index (χ0v) is 13.2. The standard InChI is InChI=1S/C14H18N2O5S/c1-3-20-14(17)10(2)21-13-12(15-22(18,19)16-13)9-11-7-5-4-6-8-11/h4-8,10,12,15H,3,9H2,1-2H3/t10-,12-/m0/s1. The molecule has 22 heavy (non-hydrogen) atoms. The fraction of sp³-hybridized carbons (Fsp3) is 0.429. The highest BCUT2D eigenvalue weighted by Crippen LogP contribution is 2.14. The first-order valence-corrected chi connectivity index (χ1v) is 8.34. The van der Waals surface area contributed by atoms with Crippen LogP contribution in [0.5, 0.6) is 0 Å². The normalized spacial score (nSPS) is 21.0. The third-order valence-electron chi connectivity index (χ3n) is 3.00. The molecule has 2 rings (SSSR count). The van der Waals surface area contributed by atoms with E-state index >= 15 is 0 Å². The zero-order chi connectivity index (χ0) is 16.2. The number of ether oxygens (including phenoxy) is 2. The number of hydrogen-bond donors (Lipinski definition) is 1. The van der Waals surface area contributed by atoms with Crippen LogP contribution in [0, 0.1) is 0 Å². The quantitative estimate of drug-likeness (QED) is 0.808. The van der Waals surface area contributed by atoms with E-state index in [1.165, 1.54) is 6.92 Å². The summed E-state index contributed by atoms with van der Waals surface area (Å²) in [5.74, 6) is -0.586. The van der Waals surface area contributed by atoms with Gasteiger partial charge in [0.1, 0.15) is 6.04 Å². The summed E-state index contributed by atoms with van der Waals surface area (Å²) in [5.41, 5.74) is 0.928. The molecule has 8 heteroatoms. The van der Waals surface area contributed by atoms with Gasteiger partial charge >= 0.3 is 16.2 Å². The van der Waals surface area contributed by atoms with E-state index in [0.717, 1.165) is 5.56 Å². The largest absolute Gasteiger partial charge is 0.464 e. The molecule has 1 N–H and O–H groups in total. The van der Waals surface area contributed by atoms with Gasteiger partial charge < -0.3 is 9.47 Å². The summed E-state index contributed by atoms with van der Waals surface area (Å²) >= 11 is 0. The summed E-state index contributed by atoms with van der Waals surface area (Å²) in [6, 6.07) is 8.70. The Hall–Kier alpha value is -1.93. The van der Waals surface area contributed by atoms with Crippen LogP contribution in [0.2, 0.25) is 0 Å². The predicted octanol–water partition coefficient (Wildman–Crippen LogP) is 0.812. The van der Waals surface area contributed by atoms with Gasteiger partial charge in [-0.3, -0.25) is 0 Å². The average Bonchev–Trinajstić information content (AvgIpc) is 2.74. The zero-order valence-electron chi connectivity index (χ0n) is 12.4. The molecule has 0 bridgehead atoms. The Bertz CT molecular complexity index is 657. The van der Waals surface area contributed by atoms with Gasteiger partial charge in [0, 0.05) is 0 Å². The van der Waals surface area contributed by atoms with E-state index in [4.69, 9.17) is 9.47 Å². The van der Waals surface area contributed by atoms with Crippen molar-refractivity contribution in [1.82, 2.24) is 4.72 Å². The summed E-state index contributed by atoms with van der Waals surface area (Å²) in [4.78, 5) is 11.6. The molecule has 0 aliphatic carbocycles. The van der Waals surface area contributed by atoms with Gasteiger partial charge in [-0.2, -0.15) is 13.1 Å². The van der Waals surface area contributed by atoms with E-state index in [1.54, 1.807) is 6.92 Å². The van der Waals surface area contributed by atoms with Crippen LogP contribution in [0.15, 0.2) is 34.7 Å². The monoisotopic (exact) mass is 326 g/mol. The first kappa shape index (κ1) is 16.4. The third kappa shape index (κ3) is 4.28. The van der Waals surface area contributed by atoms with Crippen LogP contribution in [0.4, 0.5) is 0 Å². The van der Waals surface area contributed by atoms with Crippen LogP contribution in [-0.2, 0) is 30.9 Å². The van der Waals surface area contributed by atoms with E-state index in [-0.39, 0.29) is 12.5 Å². The molecule has 120 valence electrons. The van der Waals surface area contributed by atoms with E-state index in [1.807, 2.05) is 30.3 Å². The number of hydrogen-bond acceptors (Lipinski definition) is 5. The van der Waals surface area contributed by atoms with Crippen LogP contribution in [0.3, 0.4) is 0 Å². The molecule has 0 amide bonds. The maximum absolute atomic E-state index is 11.6. The molecule has 0 radical (unpaired) electrons. The number of rotatable bonds is 5. The number of nitrogens with zero attached hydrogens (tertiary/aromatic N) is 1. The van der Waals surface area contributed by atoms with Gasteiger partial charge in [-0.15, -0.1) is 4.40 Å². The number of esters is 1. The van der Waals surface area contributed by atoms with Crippen molar-refractivity contribution in [2.24, 2.45) is 4.40 Å². The number of nitrogens with one attached hydrogen (secondary N) is 1. The fourth-order valence-corrected chi connectivity index (χ4v) is 3.01. The molecule has 0 saturated heterocycles. The van der Waals surface area contributed by atoms with Gasteiger partial charge in [0.2, 0.25) is 5.90 Å². The molecule has 1 heterocycles. The van der Waals surface area contributed by atoms with Gasteiger partial charge in [-0.1, -0.05) is 30.3 Å². The first-order valence-electron chi connectivity index (χ1n) is 6.90. The Labute approximate surface area is 129 Å². The molecular weight excluding hydrogens is 308 g/mol. The second kappa shape index (κ2) is 6.89. The molecule has 0 unspecified atom stereocenters.